The maximum atomic E-state index is 15.6. The fraction of sp³-hybridized carbons (Fsp3) is 0.242. The molecule has 1 saturated heterocycles. The number of aryl methyl sites for hydroxylation is 2. The first-order valence-corrected chi connectivity index (χ1v) is 14.1. The van der Waals surface area contributed by atoms with Crippen LogP contribution < -0.4 is 5.32 Å². The number of nitrogens with zero attached hydrogens (tertiary/aromatic N) is 3. The molecule has 2 aromatic carbocycles. The van der Waals surface area contributed by atoms with E-state index >= 15 is 4.39 Å². The first-order valence-electron chi connectivity index (χ1n) is 14.1. The lowest BCUT2D eigenvalue weighted by atomic mass is 9.89. The minimum Gasteiger partial charge on any atom is -0.478 e. The van der Waals surface area contributed by atoms with Gasteiger partial charge in [-0.2, -0.15) is 0 Å². The molecule has 2 N–H and O–H groups in total. The van der Waals surface area contributed by atoms with Gasteiger partial charge in [-0.25, -0.2) is 13.6 Å². The summed E-state index contributed by atoms with van der Waals surface area (Å²) in [7, 11) is 0. The predicted octanol–water partition coefficient (Wildman–Crippen LogP) is 5.69. The predicted molar refractivity (Wildman–Crippen MR) is 154 cm³/mol. The lowest BCUT2D eigenvalue weighted by Gasteiger charge is -2.18. The summed E-state index contributed by atoms with van der Waals surface area (Å²) in [5.41, 5.74) is 2.38. The summed E-state index contributed by atoms with van der Waals surface area (Å²) in [4.78, 5) is 49.7. The number of aromatic carboxylic acids is 1. The second-order valence-corrected chi connectivity index (χ2v) is 10.8. The molecule has 10 heteroatoms. The van der Waals surface area contributed by atoms with Crippen molar-refractivity contribution in [1.82, 2.24) is 20.2 Å². The Labute approximate surface area is 246 Å². The maximum Gasteiger partial charge on any atom is 0.338 e. The summed E-state index contributed by atoms with van der Waals surface area (Å²) >= 11 is 0. The molecular weight excluding hydrogens is 554 g/mol. The van der Waals surface area contributed by atoms with Gasteiger partial charge in [-0.3, -0.25) is 19.6 Å². The van der Waals surface area contributed by atoms with Crippen LogP contribution in [0, 0.1) is 11.6 Å². The lowest BCUT2D eigenvalue weighted by molar-refractivity contribution is 0.0695. The maximum absolute atomic E-state index is 15.6. The molecule has 8 nitrogen and oxygen atoms in total. The lowest BCUT2D eigenvalue weighted by Crippen LogP contribution is -2.27. The van der Waals surface area contributed by atoms with E-state index in [0.717, 1.165) is 23.6 Å². The summed E-state index contributed by atoms with van der Waals surface area (Å²) in [6, 6.07) is 12.6. The van der Waals surface area contributed by atoms with Crippen LogP contribution in [0.25, 0.3) is 11.1 Å². The zero-order chi connectivity index (χ0) is 30.2. The monoisotopic (exact) mass is 582 g/mol. The van der Waals surface area contributed by atoms with Gasteiger partial charge in [0.1, 0.15) is 11.6 Å². The van der Waals surface area contributed by atoms with Gasteiger partial charge in [0.25, 0.3) is 11.8 Å². The topological polar surface area (TPSA) is 112 Å². The highest BCUT2D eigenvalue weighted by molar-refractivity contribution is 6.10. The number of aromatic nitrogens is 2. The Balaban J connectivity index is 1.41. The van der Waals surface area contributed by atoms with E-state index in [4.69, 9.17) is 4.98 Å². The molecule has 43 heavy (non-hydrogen) atoms. The number of fused-ring (bicyclic) bond motifs is 3. The molecule has 2 amide bonds. The highest BCUT2D eigenvalue weighted by atomic mass is 19.1. The molecule has 2 atom stereocenters. The highest BCUT2D eigenvalue weighted by Crippen LogP contribution is 2.45. The number of carboxylic acids is 1. The molecule has 0 bridgehead atoms. The summed E-state index contributed by atoms with van der Waals surface area (Å²) < 4.78 is 29.0. The van der Waals surface area contributed by atoms with Crippen LogP contribution in [-0.2, 0) is 12.8 Å². The molecule has 1 fully saturated rings. The SMILES string of the molecule is C[C@H](NC(=O)c1ccc(-c2c(C(=O)O)c(CCc3ccc(F)cc3)nc3c2C(=O)N2CCC[C@@H]32)cc1F)c1ccncc1. The van der Waals surface area contributed by atoms with Crippen LogP contribution in [0.1, 0.15) is 85.4 Å². The molecule has 0 radical (unpaired) electrons. The van der Waals surface area contributed by atoms with E-state index < -0.39 is 23.7 Å². The van der Waals surface area contributed by atoms with Crippen molar-refractivity contribution in [1.29, 1.82) is 0 Å². The average molecular weight is 583 g/mol. The standard InChI is InChI=1S/C33H28F2N4O4/c1-18(20-12-14-36-15-13-20)37-31(40)23-10-7-21(17-24(23)35)27-28(33(42)43)25(11-6-19-4-8-22(34)9-5-19)38-30-26-3-2-16-39(26)32(41)29(27)30/h4-5,7-10,12-15,17-18,26H,2-3,6,11,16H2,1H3,(H,37,40)(H,42,43)/t18-,26-/m0/s1. The van der Waals surface area contributed by atoms with Gasteiger partial charge in [0.05, 0.1) is 40.2 Å². The minimum absolute atomic E-state index is 0.0991. The summed E-state index contributed by atoms with van der Waals surface area (Å²) in [5.74, 6) is -3.49. The first-order chi connectivity index (χ1) is 20.7. The van der Waals surface area contributed by atoms with Crippen molar-refractivity contribution < 1.29 is 28.3 Å². The number of rotatable bonds is 8. The van der Waals surface area contributed by atoms with Crippen molar-refractivity contribution in [3.05, 3.63) is 118 Å². The number of carbonyl (C=O) groups is 3. The molecule has 218 valence electrons. The zero-order valence-corrected chi connectivity index (χ0v) is 23.3. The van der Waals surface area contributed by atoms with Gasteiger partial charge in [0.15, 0.2) is 0 Å². The molecule has 4 aromatic rings. The van der Waals surface area contributed by atoms with Gasteiger partial charge < -0.3 is 15.3 Å². The van der Waals surface area contributed by atoms with Crippen LogP contribution in [0.2, 0.25) is 0 Å². The Hall–Kier alpha value is -4.99. The Kier molecular flexibility index (Phi) is 7.43. The summed E-state index contributed by atoms with van der Waals surface area (Å²) in [6.07, 6.45) is 5.29. The molecule has 0 unspecified atom stereocenters. The number of hydrogen-bond acceptors (Lipinski definition) is 5. The van der Waals surface area contributed by atoms with Crippen molar-refractivity contribution in [2.45, 2.75) is 44.7 Å². The molecule has 2 aliphatic heterocycles. The largest absolute Gasteiger partial charge is 0.478 e. The molecule has 0 aliphatic carbocycles. The fourth-order valence-corrected chi connectivity index (χ4v) is 6.03. The molecule has 0 spiro atoms. The van der Waals surface area contributed by atoms with E-state index in [1.165, 1.54) is 24.3 Å². The average Bonchev–Trinajstić information content (AvgIpc) is 3.59. The number of nitrogens with one attached hydrogen (secondary N) is 1. The molecule has 2 aliphatic rings. The number of hydrogen-bond donors (Lipinski definition) is 2. The van der Waals surface area contributed by atoms with Crippen molar-refractivity contribution in [2.24, 2.45) is 0 Å². The van der Waals surface area contributed by atoms with E-state index in [1.807, 2.05) is 0 Å². The number of pyridine rings is 2. The summed E-state index contributed by atoms with van der Waals surface area (Å²) in [5, 5.41) is 13.2. The smallest absolute Gasteiger partial charge is 0.338 e. The normalized spacial score (nSPS) is 16.1. The Bertz CT molecular complexity index is 1740. The Morgan fingerprint density at radius 1 is 1.05 bits per heavy atom. The third kappa shape index (κ3) is 5.24. The zero-order valence-electron chi connectivity index (χ0n) is 23.3. The number of carbonyl (C=O) groups excluding carboxylic acids is 2. The van der Waals surface area contributed by atoms with Crippen LogP contribution in [0.4, 0.5) is 8.78 Å². The van der Waals surface area contributed by atoms with Gasteiger partial charge in [-0.1, -0.05) is 18.2 Å². The highest BCUT2D eigenvalue weighted by Gasteiger charge is 2.44. The number of carboxylic acid groups (broad SMARTS) is 1. The van der Waals surface area contributed by atoms with Crippen molar-refractivity contribution in [3.8, 4) is 11.1 Å². The van der Waals surface area contributed by atoms with Crippen LogP contribution in [0.5, 0.6) is 0 Å². The molecule has 2 aromatic heterocycles. The second kappa shape index (κ2) is 11.4. The van der Waals surface area contributed by atoms with E-state index in [0.29, 0.717) is 25.1 Å². The summed E-state index contributed by atoms with van der Waals surface area (Å²) in [6.45, 7) is 2.29. The van der Waals surface area contributed by atoms with Crippen molar-refractivity contribution in [2.75, 3.05) is 6.54 Å². The number of benzene rings is 2. The molecular formula is C33H28F2N4O4. The fourth-order valence-electron chi connectivity index (χ4n) is 6.03. The van der Waals surface area contributed by atoms with Crippen molar-refractivity contribution >= 4 is 17.8 Å². The van der Waals surface area contributed by atoms with Gasteiger partial charge in [0.2, 0.25) is 0 Å². The van der Waals surface area contributed by atoms with Gasteiger partial charge in [0, 0.05) is 24.5 Å². The number of amides is 2. The molecule has 0 saturated carbocycles. The third-order valence-corrected chi connectivity index (χ3v) is 8.18. The van der Waals surface area contributed by atoms with E-state index in [1.54, 1.807) is 48.5 Å². The minimum atomic E-state index is -1.30. The van der Waals surface area contributed by atoms with Crippen molar-refractivity contribution in [3.63, 3.8) is 0 Å². The van der Waals surface area contributed by atoms with Crippen LogP contribution in [-0.4, -0.2) is 44.3 Å². The second-order valence-electron chi connectivity index (χ2n) is 10.8. The van der Waals surface area contributed by atoms with Gasteiger partial charge >= 0.3 is 5.97 Å². The van der Waals surface area contributed by atoms with Gasteiger partial charge in [-0.05, 0) is 85.7 Å². The van der Waals surface area contributed by atoms with E-state index in [2.05, 4.69) is 10.3 Å². The molecule has 6 rings (SSSR count). The van der Waals surface area contributed by atoms with Gasteiger partial charge in [-0.15, -0.1) is 0 Å². The Morgan fingerprint density at radius 3 is 2.49 bits per heavy atom. The Morgan fingerprint density at radius 2 is 1.79 bits per heavy atom. The first kappa shape index (κ1) is 28.1. The third-order valence-electron chi connectivity index (χ3n) is 8.18. The van der Waals surface area contributed by atoms with Crippen LogP contribution in [0.3, 0.4) is 0 Å². The number of halogens is 2. The van der Waals surface area contributed by atoms with E-state index in [-0.39, 0.29) is 57.7 Å². The van der Waals surface area contributed by atoms with Crippen LogP contribution in [0.15, 0.2) is 67.0 Å². The van der Waals surface area contributed by atoms with E-state index in [9.17, 15) is 23.9 Å². The van der Waals surface area contributed by atoms with Crippen LogP contribution >= 0.6 is 0 Å². The quantitative estimate of drug-likeness (QED) is 0.276. The molecule has 4 heterocycles.